The topological polar surface area (TPSA) is 122 Å². The van der Waals surface area contributed by atoms with Crippen molar-refractivity contribution in [3.8, 4) is 0 Å². The predicted molar refractivity (Wildman–Crippen MR) is 66.3 cm³/mol. The molecule has 0 aromatic carbocycles. The predicted octanol–water partition coefficient (Wildman–Crippen LogP) is -0.632. The maximum atomic E-state index is 10.9. The number of carbonyl (C=O) groups is 1. The summed E-state index contributed by atoms with van der Waals surface area (Å²) in [6.07, 6.45) is -5.73. The number of ether oxygens (including phenoxy) is 2. The van der Waals surface area contributed by atoms with Crippen LogP contribution in [0, 0.1) is 5.41 Å². The molecule has 1 unspecified atom stereocenters. The lowest BCUT2D eigenvalue weighted by Crippen LogP contribution is -2.63. The molecular formula is C12H23NO6. The van der Waals surface area contributed by atoms with E-state index < -0.39 is 48.6 Å². The van der Waals surface area contributed by atoms with Crippen molar-refractivity contribution in [2.45, 2.75) is 57.7 Å². The summed E-state index contributed by atoms with van der Waals surface area (Å²) in [6.45, 7) is 5.25. The zero-order chi connectivity index (χ0) is 14.8. The standard InChI is InChI=1S/C12H23NO6/c1-4-12(2,3)10-8(16)9(19-11(13)17)7(15)6(5-14)18-10/h6-10,14-16H,4-5H2,1-3H3,(H2,13,17)/t6-,7-,8+,9+,10?/m1/s1. The summed E-state index contributed by atoms with van der Waals surface area (Å²) in [4.78, 5) is 10.9. The van der Waals surface area contributed by atoms with E-state index in [9.17, 15) is 20.1 Å². The molecule has 0 aromatic rings. The lowest BCUT2D eigenvalue weighted by molar-refractivity contribution is -0.251. The average molecular weight is 277 g/mol. The van der Waals surface area contributed by atoms with Gasteiger partial charge >= 0.3 is 6.09 Å². The third kappa shape index (κ3) is 3.36. The lowest BCUT2D eigenvalue weighted by atomic mass is 9.77. The molecule has 112 valence electrons. The zero-order valence-corrected chi connectivity index (χ0v) is 11.4. The van der Waals surface area contributed by atoms with Crippen LogP contribution in [0.1, 0.15) is 27.2 Å². The van der Waals surface area contributed by atoms with Gasteiger partial charge in [-0.3, -0.25) is 0 Å². The highest BCUT2D eigenvalue weighted by molar-refractivity contribution is 5.65. The fourth-order valence-electron chi connectivity index (χ4n) is 2.21. The molecule has 1 rings (SSSR count). The van der Waals surface area contributed by atoms with Gasteiger partial charge in [0.15, 0.2) is 6.10 Å². The van der Waals surface area contributed by atoms with Crippen LogP contribution in [0.3, 0.4) is 0 Å². The summed E-state index contributed by atoms with van der Waals surface area (Å²) < 4.78 is 10.3. The third-order valence-electron chi connectivity index (χ3n) is 3.80. The first-order valence-corrected chi connectivity index (χ1v) is 6.33. The molecule has 0 radical (unpaired) electrons. The molecule has 1 aliphatic rings. The Hall–Kier alpha value is -0.890. The number of carbonyl (C=O) groups excluding carboxylic acids is 1. The molecule has 5 N–H and O–H groups in total. The van der Waals surface area contributed by atoms with Crippen LogP contribution in [0.2, 0.25) is 0 Å². The molecule has 0 bridgehead atoms. The molecule has 1 heterocycles. The highest BCUT2D eigenvalue weighted by atomic mass is 16.6. The normalized spacial score (nSPS) is 36.0. The monoisotopic (exact) mass is 277 g/mol. The molecule has 1 fully saturated rings. The van der Waals surface area contributed by atoms with Gasteiger partial charge in [0.1, 0.15) is 18.3 Å². The molecule has 7 heteroatoms. The minimum Gasteiger partial charge on any atom is -0.441 e. The number of hydrogen-bond donors (Lipinski definition) is 4. The molecule has 5 atom stereocenters. The van der Waals surface area contributed by atoms with E-state index in [1.165, 1.54) is 0 Å². The van der Waals surface area contributed by atoms with E-state index in [2.05, 4.69) is 0 Å². The van der Waals surface area contributed by atoms with Crippen molar-refractivity contribution < 1.29 is 29.6 Å². The second-order valence-electron chi connectivity index (χ2n) is 5.50. The Morgan fingerprint density at radius 2 is 1.95 bits per heavy atom. The Kier molecular flexibility index (Phi) is 5.14. The smallest absolute Gasteiger partial charge is 0.404 e. The van der Waals surface area contributed by atoms with Gasteiger partial charge in [0.2, 0.25) is 0 Å². The number of nitrogens with two attached hydrogens (primary N) is 1. The van der Waals surface area contributed by atoms with Crippen LogP contribution < -0.4 is 5.73 Å². The summed E-state index contributed by atoms with van der Waals surface area (Å²) >= 11 is 0. The summed E-state index contributed by atoms with van der Waals surface area (Å²) in [5.41, 5.74) is 4.52. The second-order valence-corrected chi connectivity index (χ2v) is 5.50. The number of primary amides is 1. The summed E-state index contributed by atoms with van der Waals surface area (Å²) in [5.74, 6) is 0. The van der Waals surface area contributed by atoms with Crippen LogP contribution >= 0.6 is 0 Å². The van der Waals surface area contributed by atoms with Gasteiger partial charge in [0, 0.05) is 0 Å². The van der Waals surface area contributed by atoms with Crippen molar-refractivity contribution in [1.82, 2.24) is 0 Å². The molecule has 0 aliphatic carbocycles. The third-order valence-corrected chi connectivity index (χ3v) is 3.80. The first-order chi connectivity index (χ1) is 8.74. The van der Waals surface area contributed by atoms with Crippen LogP contribution in [-0.4, -0.2) is 58.5 Å². The Morgan fingerprint density at radius 3 is 2.37 bits per heavy atom. The fourth-order valence-corrected chi connectivity index (χ4v) is 2.21. The van der Waals surface area contributed by atoms with E-state index in [4.69, 9.17) is 15.2 Å². The van der Waals surface area contributed by atoms with Crippen molar-refractivity contribution in [1.29, 1.82) is 0 Å². The van der Waals surface area contributed by atoms with Gasteiger partial charge in [-0.2, -0.15) is 0 Å². The number of aliphatic hydroxyl groups is 3. The first-order valence-electron chi connectivity index (χ1n) is 6.33. The molecule has 1 saturated heterocycles. The second kappa shape index (κ2) is 6.04. The summed E-state index contributed by atoms with van der Waals surface area (Å²) in [5, 5.41) is 29.4. The van der Waals surface area contributed by atoms with Crippen LogP contribution in [-0.2, 0) is 9.47 Å². The Bertz CT molecular complexity index is 321. The van der Waals surface area contributed by atoms with Gasteiger partial charge in [0.25, 0.3) is 0 Å². The summed E-state index contributed by atoms with van der Waals surface area (Å²) in [6, 6.07) is 0. The largest absolute Gasteiger partial charge is 0.441 e. The number of amides is 1. The van der Waals surface area contributed by atoms with E-state index in [0.29, 0.717) is 6.42 Å². The molecule has 7 nitrogen and oxygen atoms in total. The fraction of sp³-hybridized carbons (Fsp3) is 0.917. The van der Waals surface area contributed by atoms with Gasteiger partial charge in [0.05, 0.1) is 12.7 Å². The Balaban J connectivity index is 2.99. The van der Waals surface area contributed by atoms with Gasteiger partial charge in [-0.25, -0.2) is 4.79 Å². The van der Waals surface area contributed by atoms with E-state index in [-0.39, 0.29) is 0 Å². The molecule has 0 saturated carbocycles. The van der Waals surface area contributed by atoms with Gasteiger partial charge in [-0.15, -0.1) is 0 Å². The maximum Gasteiger partial charge on any atom is 0.404 e. The van der Waals surface area contributed by atoms with Crippen LogP contribution in [0.4, 0.5) is 4.79 Å². The van der Waals surface area contributed by atoms with Gasteiger partial charge in [-0.05, 0) is 11.8 Å². The van der Waals surface area contributed by atoms with Crippen molar-refractivity contribution >= 4 is 6.09 Å². The van der Waals surface area contributed by atoms with Crippen LogP contribution in [0.15, 0.2) is 0 Å². The maximum absolute atomic E-state index is 10.9. The van der Waals surface area contributed by atoms with Crippen LogP contribution in [0.25, 0.3) is 0 Å². The van der Waals surface area contributed by atoms with Crippen LogP contribution in [0.5, 0.6) is 0 Å². The van der Waals surface area contributed by atoms with E-state index in [1.807, 2.05) is 20.8 Å². The summed E-state index contributed by atoms with van der Waals surface area (Å²) in [7, 11) is 0. The first kappa shape index (κ1) is 16.2. The Labute approximate surface area is 112 Å². The molecule has 0 spiro atoms. The molecule has 1 amide bonds. The minimum absolute atomic E-state index is 0.410. The highest BCUT2D eigenvalue weighted by Crippen LogP contribution is 2.36. The quantitative estimate of drug-likeness (QED) is 0.542. The van der Waals surface area contributed by atoms with Gasteiger partial charge < -0.3 is 30.5 Å². The van der Waals surface area contributed by atoms with E-state index in [1.54, 1.807) is 0 Å². The van der Waals surface area contributed by atoms with E-state index in [0.717, 1.165) is 0 Å². The van der Waals surface area contributed by atoms with E-state index >= 15 is 0 Å². The lowest BCUT2D eigenvalue weighted by Gasteiger charge is -2.47. The van der Waals surface area contributed by atoms with Gasteiger partial charge in [-0.1, -0.05) is 20.8 Å². The number of aliphatic hydroxyl groups excluding tert-OH is 3. The number of hydrogen-bond acceptors (Lipinski definition) is 6. The molecule has 19 heavy (non-hydrogen) atoms. The number of rotatable bonds is 4. The average Bonchev–Trinajstić information content (AvgIpc) is 2.34. The molecular weight excluding hydrogens is 254 g/mol. The highest BCUT2D eigenvalue weighted by Gasteiger charge is 2.50. The zero-order valence-electron chi connectivity index (χ0n) is 11.4. The van der Waals surface area contributed by atoms with Crippen molar-refractivity contribution in [2.75, 3.05) is 6.61 Å². The Morgan fingerprint density at radius 1 is 1.37 bits per heavy atom. The minimum atomic E-state index is -1.32. The van der Waals surface area contributed by atoms with Crippen molar-refractivity contribution in [2.24, 2.45) is 11.1 Å². The SMILES string of the molecule is CCC(C)(C)C1O[C@H](CO)[C@@H](O)[C@H](OC(N)=O)[C@@H]1O. The van der Waals surface area contributed by atoms with Crippen molar-refractivity contribution in [3.63, 3.8) is 0 Å². The van der Waals surface area contributed by atoms with Crippen molar-refractivity contribution in [3.05, 3.63) is 0 Å². The molecule has 1 aliphatic heterocycles. The molecule has 0 aromatic heterocycles.